The van der Waals surface area contributed by atoms with E-state index in [1.54, 1.807) is 24.3 Å². The van der Waals surface area contributed by atoms with Gasteiger partial charge in [0.05, 0.1) is 24.9 Å². The van der Waals surface area contributed by atoms with Crippen LogP contribution in [0.2, 0.25) is 5.02 Å². The van der Waals surface area contributed by atoms with Crippen LogP contribution in [0.4, 0.5) is 11.4 Å². The van der Waals surface area contributed by atoms with Crippen molar-refractivity contribution in [3.8, 4) is 11.5 Å². The number of ether oxygens (including phenoxy) is 2. The van der Waals surface area contributed by atoms with Crippen molar-refractivity contribution in [2.45, 2.75) is 13.3 Å². The Balaban J connectivity index is 2.04. The highest BCUT2D eigenvalue weighted by molar-refractivity contribution is 6.32. The number of methoxy groups -OCH3 is 2. The number of anilines is 2. The first-order valence-electron chi connectivity index (χ1n) is 7.96. The summed E-state index contributed by atoms with van der Waals surface area (Å²) < 4.78 is 10.3. The standard InChI is InChI=1S/C19H19ClN2O5/c1-11(23)12-5-4-6-13(7-12)21-18(24)10-19(25)22-15-9-16(26-2)14(20)8-17(15)27-3/h4-9H,10H2,1-3H3,(H,21,24)(H,22,25). The van der Waals surface area contributed by atoms with Crippen LogP contribution in [0, 0.1) is 0 Å². The number of carbonyl (C=O) groups is 3. The first kappa shape index (κ1) is 20.3. The second-order valence-electron chi connectivity index (χ2n) is 5.60. The summed E-state index contributed by atoms with van der Waals surface area (Å²) in [6.45, 7) is 1.43. The van der Waals surface area contributed by atoms with E-state index in [0.29, 0.717) is 33.5 Å². The summed E-state index contributed by atoms with van der Waals surface area (Å²) in [6, 6.07) is 9.49. The molecule has 2 aromatic carbocycles. The average Bonchev–Trinajstić information content (AvgIpc) is 2.62. The summed E-state index contributed by atoms with van der Waals surface area (Å²) in [5.74, 6) is -0.486. The third-order valence-electron chi connectivity index (χ3n) is 3.62. The molecule has 8 heteroatoms. The molecule has 2 rings (SSSR count). The molecule has 2 amide bonds. The van der Waals surface area contributed by atoms with E-state index in [0.717, 1.165) is 0 Å². The maximum absolute atomic E-state index is 12.2. The fraction of sp³-hybridized carbons (Fsp3) is 0.211. The Labute approximate surface area is 161 Å². The maximum atomic E-state index is 12.2. The zero-order chi connectivity index (χ0) is 20.0. The van der Waals surface area contributed by atoms with Gasteiger partial charge in [-0.25, -0.2) is 0 Å². The number of carbonyl (C=O) groups excluding carboxylic acids is 3. The monoisotopic (exact) mass is 390 g/mol. The van der Waals surface area contributed by atoms with Gasteiger partial charge in [0, 0.05) is 23.4 Å². The average molecular weight is 391 g/mol. The molecule has 0 radical (unpaired) electrons. The Morgan fingerprint density at radius 2 is 1.63 bits per heavy atom. The second-order valence-corrected chi connectivity index (χ2v) is 6.00. The van der Waals surface area contributed by atoms with Gasteiger partial charge in [-0.1, -0.05) is 23.7 Å². The molecule has 0 aliphatic carbocycles. The van der Waals surface area contributed by atoms with Crippen LogP contribution in [0.3, 0.4) is 0 Å². The van der Waals surface area contributed by atoms with Crippen LogP contribution in [-0.4, -0.2) is 31.8 Å². The molecule has 2 aromatic rings. The molecule has 0 fully saturated rings. The van der Waals surface area contributed by atoms with Crippen LogP contribution in [0.5, 0.6) is 11.5 Å². The summed E-state index contributed by atoms with van der Waals surface area (Å²) >= 11 is 6.02. The topological polar surface area (TPSA) is 93.7 Å². The predicted octanol–water partition coefficient (Wildman–Crippen LogP) is 3.53. The van der Waals surface area contributed by atoms with Gasteiger partial charge in [-0.3, -0.25) is 14.4 Å². The quantitative estimate of drug-likeness (QED) is 0.557. The highest BCUT2D eigenvalue weighted by Crippen LogP contribution is 2.35. The molecule has 7 nitrogen and oxygen atoms in total. The van der Waals surface area contributed by atoms with Crippen LogP contribution < -0.4 is 20.1 Å². The molecule has 0 heterocycles. The number of benzene rings is 2. The van der Waals surface area contributed by atoms with Crippen molar-refractivity contribution in [2.75, 3.05) is 24.9 Å². The van der Waals surface area contributed by atoms with Gasteiger partial charge in [0.15, 0.2) is 5.78 Å². The number of nitrogens with one attached hydrogen (secondary N) is 2. The molecule has 0 aliphatic rings. The van der Waals surface area contributed by atoms with Crippen LogP contribution in [0.1, 0.15) is 23.7 Å². The van der Waals surface area contributed by atoms with E-state index in [9.17, 15) is 14.4 Å². The highest BCUT2D eigenvalue weighted by Gasteiger charge is 2.15. The number of hydrogen-bond donors (Lipinski definition) is 2. The van der Waals surface area contributed by atoms with Gasteiger partial charge in [0.1, 0.15) is 17.9 Å². The van der Waals surface area contributed by atoms with Crippen molar-refractivity contribution < 1.29 is 23.9 Å². The number of ketones is 1. The van der Waals surface area contributed by atoms with Crippen LogP contribution in [0.15, 0.2) is 36.4 Å². The maximum Gasteiger partial charge on any atom is 0.233 e. The predicted molar refractivity (Wildman–Crippen MR) is 103 cm³/mol. The van der Waals surface area contributed by atoms with Gasteiger partial charge in [0.2, 0.25) is 11.8 Å². The van der Waals surface area contributed by atoms with Crippen LogP contribution >= 0.6 is 11.6 Å². The van der Waals surface area contributed by atoms with E-state index < -0.39 is 18.2 Å². The minimum absolute atomic E-state index is 0.118. The molecule has 2 N–H and O–H groups in total. The normalized spacial score (nSPS) is 10.1. The van der Waals surface area contributed by atoms with Gasteiger partial charge >= 0.3 is 0 Å². The number of halogens is 1. The Morgan fingerprint density at radius 1 is 0.963 bits per heavy atom. The van der Waals surface area contributed by atoms with Gasteiger partial charge in [-0.05, 0) is 19.1 Å². The third-order valence-corrected chi connectivity index (χ3v) is 3.92. The lowest BCUT2D eigenvalue weighted by Gasteiger charge is -2.13. The van der Waals surface area contributed by atoms with Crippen molar-refractivity contribution in [1.82, 2.24) is 0 Å². The molecular formula is C19H19ClN2O5. The van der Waals surface area contributed by atoms with Crippen molar-refractivity contribution >= 4 is 40.6 Å². The lowest BCUT2D eigenvalue weighted by atomic mass is 10.1. The first-order valence-corrected chi connectivity index (χ1v) is 8.34. The van der Waals surface area contributed by atoms with E-state index >= 15 is 0 Å². The second kappa shape index (κ2) is 9.05. The van der Waals surface area contributed by atoms with Crippen molar-refractivity contribution in [1.29, 1.82) is 0 Å². The lowest BCUT2D eigenvalue weighted by Crippen LogP contribution is -2.21. The molecular weight excluding hydrogens is 372 g/mol. The Bertz CT molecular complexity index is 882. The number of amides is 2. The smallest absolute Gasteiger partial charge is 0.233 e. The minimum Gasteiger partial charge on any atom is -0.495 e. The zero-order valence-electron chi connectivity index (χ0n) is 15.1. The van der Waals surface area contributed by atoms with Gasteiger partial charge < -0.3 is 20.1 Å². The lowest BCUT2D eigenvalue weighted by molar-refractivity contribution is -0.123. The molecule has 0 aliphatic heterocycles. The van der Waals surface area contributed by atoms with E-state index in [1.807, 2.05) is 0 Å². The first-order chi connectivity index (χ1) is 12.8. The summed E-state index contributed by atoms with van der Waals surface area (Å²) in [5, 5.41) is 5.51. The van der Waals surface area contributed by atoms with E-state index in [4.69, 9.17) is 21.1 Å². The number of rotatable bonds is 7. The molecule has 0 unspecified atom stereocenters. The molecule has 0 bridgehead atoms. The van der Waals surface area contributed by atoms with Crippen molar-refractivity contribution in [3.05, 3.63) is 47.0 Å². The Hall–Kier alpha value is -3.06. The molecule has 142 valence electrons. The molecule has 0 spiro atoms. The van der Waals surface area contributed by atoms with E-state index in [1.165, 1.54) is 33.3 Å². The fourth-order valence-corrected chi connectivity index (χ4v) is 2.55. The highest BCUT2D eigenvalue weighted by atomic mass is 35.5. The summed E-state index contributed by atoms with van der Waals surface area (Å²) in [4.78, 5) is 35.7. The summed E-state index contributed by atoms with van der Waals surface area (Å²) in [7, 11) is 2.88. The number of hydrogen-bond acceptors (Lipinski definition) is 5. The Kier molecular flexibility index (Phi) is 6.79. The van der Waals surface area contributed by atoms with E-state index in [-0.39, 0.29) is 5.78 Å². The van der Waals surface area contributed by atoms with Gasteiger partial charge in [-0.15, -0.1) is 0 Å². The van der Waals surface area contributed by atoms with Crippen LogP contribution in [0.25, 0.3) is 0 Å². The molecule has 0 saturated carbocycles. The summed E-state index contributed by atoms with van der Waals surface area (Å²) in [6.07, 6.45) is -0.418. The Morgan fingerprint density at radius 3 is 2.26 bits per heavy atom. The largest absolute Gasteiger partial charge is 0.495 e. The van der Waals surface area contributed by atoms with Crippen molar-refractivity contribution in [3.63, 3.8) is 0 Å². The number of Topliss-reactive ketones (excluding diaryl/α,β-unsaturated/α-hetero) is 1. The zero-order valence-corrected chi connectivity index (χ0v) is 15.8. The van der Waals surface area contributed by atoms with Crippen molar-refractivity contribution in [2.24, 2.45) is 0 Å². The molecule has 0 atom stereocenters. The SMILES string of the molecule is COc1cc(NC(=O)CC(=O)Nc2cccc(C(C)=O)c2)c(OC)cc1Cl. The third kappa shape index (κ3) is 5.46. The van der Waals surface area contributed by atoms with Gasteiger partial charge in [-0.2, -0.15) is 0 Å². The fourth-order valence-electron chi connectivity index (χ4n) is 2.32. The van der Waals surface area contributed by atoms with Crippen LogP contribution in [-0.2, 0) is 9.59 Å². The molecule has 27 heavy (non-hydrogen) atoms. The summed E-state index contributed by atoms with van der Waals surface area (Å²) in [5.41, 5.74) is 1.23. The molecule has 0 aromatic heterocycles. The van der Waals surface area contributed by atoms with Gasteiger partial charge in [0.25, 0.3) is 0 Å². The molecule has 0 saturated heterocycles. The minimum atomic E-state index is -0.544. The van der Waals surface area contributed by atoms with E-state index in [2.05, 4.69) is 10.6 Å².